The topological polar surface area (TPSA) is 51.9 Å². The van der Waals surface area contributed by atoms with Crippen molar-refractivity contribution in [2.75, 3.05) is 27.3 Å². The molecular weight excluding hydrogens is 318 g/mol. The lowest BCUT2D eigenvalue weighted by Gasteiger charge is -2.17. The van der Waals surface area contributed by atoms with Gasteiger partial charge in [0.2, 0.25) is 0 Å². The van der Waals surface area contributed by atoms with Crippen molar-refractivity contribution in [3.8, 4) is 11.5 Å². The summed E-state index contributed by atoms with van der Waals surface area (Å²) in [7, 11) is 3.28. The van der Waals surface area contributed by atoms with Crippen LogP contribution in [0.15, 0.2) is 40.8 Å². The SMILES string of the molecule is COc1ccccc1OCCN(C)C(=O)c1ccc(C(C)Cl)o1. The number of carbonyl (C=O) groups is 1. The molecule has 6 heteroatoms. The van der Waals surface area contributed by atoms with Crippen molar-refractivity contribution < 1.29 is 18.7 Å². The summed E-state index contributed by atoms with van der Waals surface area (Å²) in [6.45, 7) is 2.56. The van der Waals surface area contributed by atoms with Gasteiger partial charge in [0, 0.05) is 7.05 Å². The van der Waals surface area contributed by atoms with E-state index in [1.807, 2.05) is 24.3 Å². The first-order valence-corrected chi connectivity index (χ1v) is 7.71. The van der Waals surface area contributed by atoms with Crippen molar-refractivity contribution in [3.05, 3.63) is 47.9 Å². The minimum absolute atomic E-state index is 0.211. The molecule has 5 nitrogen and oxygen atoms in total. The van der Waals surface area contributed by atoms with Crippen LogP contribution < -0.4 is 9.47 Å². The molecule has 1 aromatic heterocycles. The van der Waals surface area contributed by atoms with Crippen molar-refractivity contribution >= 4 is 17.5 Å². The second-order valence-electron chi connectivity index (χ2n) is 5.04. The van der Waals surface area contributed by atoms with Gasteiger partial charge in [0.1, 0.15) is 12.4 Å². The number of furan rings is 1. The molecule has 0 bridgehead atoms. The number of carbonyl (C=O) groups excluding carboxylic acids is 1. The number of alkyl halides is 1. The summed E-state index contributed by atoms with van der Waals surface area (Å²) < 4.78 is 16.3. The summed E-state index contributed by atoms with van der Waals surface area (Å²) in [5.74, 6) is 1.94. The molecule has 2 aromatic rings. The van der Waals surface area contributed by atoms with Gasteiger partial charge in [-0.3, -0.25) is 4.79 Å². The lowest BCUT2D eigenvalue weighted by molar-refractivity contribution is 0.0740. The molecule has 1 heterocycles. The van der Waals surface area contributed by atoms with Crippen LogP contribution >= 0.6 is 11.6 Å². The molecule has 1 aromatic carbocycles. The summed E-state index contributed by atoms with van der Waals surface area (Å²) in [5.41, 5.74) is 0. The van der Waals surface area contributed by atoms with Crippen LogP contribution in [0.4, 0.5) is 0 Å². The van der Waals surface area contributed by atoms with Gasteiger partial charge >= 0.3 is 0 Å². The Balaban J connectivity index is 1.88. The van der Waals surface area contributed by atoms with Crippen LogP contribution in [0.3, 0.4) is 0 Å². The molecule has 0 radical (unpaired) electrons. The number of nitrogens with zero attached hydrogens (tertiary/aromatic N) is 1. The molecule has 23 heavy (non-hydrogen) atoms. The quantitative estimate of drug-likeness (QED) is 0.722. The lowest BCUT2D eigenvalue weighted by Crippen LogP contribution is -2.30. The van der Waals surface area contributed by atoms with Crippen LogP contribution in [0.2, 0.25) is 0 Å². The molecule has 0 aliphatic rings. The lowest BCUT2D eigenvalue weighted by atomic mass is 10.3. The number of rotatable bonds is 7. The fourth-order valence-electron chi connectivity index (χ4n) is 2.00. The zero-order valence-electron chi connectivity index (χ0n) is 13.4. The van der Waals surface area contributed by atoms with Gasteiger partial charge in [-0.05, 0) is 31.2 Å². The Morgan fingerprint density at radius 2 is 1.96 bits per heavy atom. The summed E-state index contributed by atoms with van der Waals surface area (Å²) in [6, 6.07) is 10.7. The number of halogens is 1. The minimum Gasteiger partial charge on any atom is -0.493 e. The standard InChI is InChI=1S/C17H20ClNO4/c1-12(18)13-8-9-16(23-13)17(20)19(2)10-11-22-15-7-5-4-6-14(15)21-3/h4-9,12H,10-11H2,1-3H3. The number of hydrogen-bond donors (Lipinski definition) is 0. The fraction of sp³-hybridized carbons (Fsp3) is 0.353. The highest BCUT2D eigenvalue weighted by Gasteiger charge is 2.17. The zero-order chi connectivity index (χ0) is 16.8. The monoisotopic (exact) mass is 337 g/mol. The van der Waals surface area contributed by atoms with E-state index in [0.717, 1.165) is 0 Å². The second kappa shape index (κ2) is 7.92. The molecular formula is C17H20ClNO4. The zero-order valence-corrected chi connectivity index (χ0v) is 14.2. The van der Waals surface area contributed by atoms with Crippen molar-refractivity contribution in [3.63, 3.8) is 0 Å². The van der Waals surface area contributed by atoms with Crippen LogP contribution in [0, 0.1) is 0 Å². The first-order valence-electron chi connectivity index (χ1n) is 7.28. The Kier molecular flexibility index (Phi) is 5.93. The first-order chi connectivity index (χ1) is 11.0. The van der Waals surface area contributed by atoms with Crippen molar-refractivity contribution in [2.45, 2.75) is 12.3 Å². The van der Waals surface area contributed by atoms with Gasteiger partial charge in [-0.1, -0.05) is 12.1 Å². The summed E-state index contributed by atoms with van der Waals surface area (Å²) in [6.07, 6.45) is 0. The third-order valence-corrected chi connectivity index (χ3v) is 3.54. The van der Waals surface area contributed by atoms with Crippen molar-refractivity contribution in [1.29, 1.82) is 0 Å². The van der Waals surface area contributed by atoms with E-state index >= 15 is 0 Å². The predicted molar refractivity (Wildman–Crippen MR) is 88.4 cm³/mol. The van der Waals surface area contributed by atoms with E-state index < -0.39 is 0 Å². The van der Waals surface area contributed by atoms with E-state index in [9.17, 15) is 4.79 Å². The van der Waals surface area contributed by atoms with E-state index in [1.165, 1.54) is 4.90 Å². The molecule has 0 aliphatic heterocycles. The highest BCUT2D eigenvalue weighted by molar-refractivity contribution is 6.20. The molecule has 1 atom stereocenters. The Bertz CT molecular complexity index is 654. The van der Waals surface area contributed by atoms with Crippen molar-refractivity contribution in [1.82, 2.24) is 4.90 Å². The molecule has 0 aliphatic carbocycles. The van der Waals surface area contributed by atoms with Crippen LogP contribution in [-0.2, 0) is 0 Å². The molecule has 0 fully saturated rings. The number of hydrogen-bond acceptors (Lipinski definition) is 4. The largest absolute Gasteiger partial charge is 0.493 e. The third kappa shape index (κ3) is 4.42. The molecule has 0 spiro atoms. The van der Waals surface area contributed by atoms with Gasteiger partial charge in [-0.15, -0.1) is 11.6 Å². The Morgan fingerprint density at radius 1 is 1.26 bits per heavy atom. The van der Waals surface area contributed by atoms with E-state index in [1.54, 1.807) is 33.2 Å². The van der Waals surface area contributed by atoms with Gasteiger partial charge in [0.25, 0.3) is 5.91 Å². The van der Waals surface area contributed by atoms with E-state index in [-0.39, 0.29) is 17.0 Å². The molecule has 0 N–H and O–H groups in total. The summed E-state index contributed by atoms with van der Waals surface area (Å²) >= 11 is 5.93. The Labute approximate surface area is 140 Å². The molecule has 1 amide bonds. The highest BCUT2D eigenvalue weighted by Crippen LogP contribution is 2.25. The minimum atomic E-state index is -0.268. The number of methoxy groups -OCH3 is 1. The third-order valence-electron chi connectivity index (χ3n) is 3.33. The van der Waals surface area contributed by atoms with Crippen molar-refractivity contribution in [2.24, 2.45) is 0 Å². The number of amides is 1. The van der Waals surface area contributed by atoms with Gasteiger partial charge in [-0.2, -0.15) is 0 Å². The number of likely N-dealkylation sites (N-methyl/N-ethyl adjacent to an activating group) is 1. The van der Waals surface area contributed by atoms with Gasteiger partial charge in [0.15, 0.2) is 17.3 Å². The van der Waals surface area contributed by atoms with Gasteiger partial charge in [-0.25, -0.2) is 0 Å². The van der Waals surface area contributed by atoms with Gasteiger partial charge in [0.05, 0.1) is 19.0 Å². The maximum absolute atomic E-state index is 12.3. The normalized spacial score (nSPS) is 11.8. The summed E-state index contributed by atoms with van der Waals surface area (Å²) in [5, 5.41) is -0.268. The second-order valence-corrected chi connectivity index (χ2v) is 5.70. The van der Waals surface area contributed by atoms with Gasteiger partial charge < -0.3 is 18.8 Å². The number of para-hydroxylation sites is 2. The average Bonchev–Trinajstić information content (AvgIpc) is 3.04. The van der Waals surface area contributed by atoms with E-state index in [2.05, 4.69) is 0 Å². The maximum Gasteiger partial charge on any atom is 0.289 e. The van der Waals surface area contributed by atoms with Crippen LogP contribution in [0.25, 0.3) is 0 Å². The van der Waals surface area contributed by atoms with Crippen LogP contribution in [-0.4, -0.2) is 38.1 Å². The first kappa shape index (κ1) is 17.2. The number of ether oxygens (including phenoxy) is 2. The smallest absolute Gasteiger partial charge is 0.289 e. The molecule has 124 valence electrons. The fourth-order valence-corrected chi connectivity index (χ4v) is 2.12. The van der Waals surface area contributed by atoms with Crippen LogP contribution in [0.5, 0.6) is 11.5 Å². The molecule has 0 saturated heterocycles. The molecule has 2 rings (SSSR count). The molecule has 0 saturated carbocycles. The van der Waals surface area contributed by atoms with E-state index in [0.29, 0.717) is 30.4 Å². The number of benzene rings is 1. The summed E-state index contributed by atoms with van der Waals surface area (Å²) in [4.78, 5) is 13.8. The molecule has 1 unspecified atom stereocenters. The maximum atomic E-state index is 12.3. The van der Waals surface area contributed by atoms with E-state index in [4.69, 9.17) is 25.5 Å². The Hall–Kier alpha value is -2.14. The Morgan fingerprint density at radius 3 is 2.57 bits per heavy atom. The average molecular weight is 338 g/mol. The predicted octanol–water partition coefficient (Wildman–Crippen LogP) is 3.74. The highest BCUT2D eigenvalue weighted by atomic mass is 35.5. The van der Waals surface area contributed by atoms with Crippen LogP contribution in [0.1, 0.15) is 28.6 Å².